The van der Waals surface area contributed by atoms with Crippen molar-refractivity contribution in [2.24, 2.45) is 0 Å². The van der Waals surface area contributed by atoms with E-state index >= 15 is 0 Å². The maximum atomic E-state index is 13.9. The molecule has 1 heterocycles. The van der Waals surface area contributed by atoms with E-state index in [4.69, 9.17) is 26.4 Å². The maximum absolute atomic E-state index is 13.9. The van der Waals surface area contributed by atoms with Gasteiger partial charge in [-0.1, -0.05) is 12.2 Å². The van der Waals surface area contributed by atoms with Gasteiger partial charge in [-0.25, -0.2) is 13.8 Å². The summed E-state index contributed by atoms with van der Waals surface area (Å²) in [5.74, 6) is 0.197. The van der Waals surface area contributed by atoms with Crippen LogP contribution in [0, 0.1) is 5.82 Å². The molecule has 0 amide bonds. The summed E-state index contributed by atoms with van der Waals surface area (Å²) in [6.45, 7) is 6.03. The van der Waals surface area contributed by atoms with Crippen molar-refractivity contribution < 1.29 is 23.4 Å². The van der Waals surface area contributed by atoms with Gasteiger partial charge >= 0.3 is 6.09 Å². The van der Waals surface area contributed by atoms with Gasteiger partial charge in [0, 0.05) is 31.7 Å². The van der Waals surface area contributed by atoms with Crippen LogP contribution in [0.4, 0.5) is 14.9 Å². The first-order chi connectivity index (χ1) is 15.6. The SMILES string of the molecule is COCCC(=S)N(C)c1ccc(OCc2cc3ccc(F)cc3n2C(=O)OC(C)(C)C)cc1. The summed E-state index contributed by atoms with van der Waals surface area (Å²) in [5.41, 5.74) is 1.24. The number of rotatable bonds is 7. The number of fused-ring (bicyclic) bond motifs is 1. The van der Waals surface area contributed by atoms with E-state index < -0.39 is 17.5 Å². The number of nitrogens with zero attached hydrogens (tertiary/aromatic N) is 2. The van der Waals surface area contributed by atoms with E-state index in [0.717, 1.165) is 16.1 Å². The number of methoxy groups -OCH3 is 1. The molecule has 0 fully saturated rings. The van der Waals surface area contributed by atoms with E-state index in [1.54, 1.807) is 40.0 Å². The molecule has 1 aromatic heterocycles. The molecule has 0 N–H and O–H groups in total. The Bertz CT molecular complexity index is 1140. The Morgan fingerprint density at radius 2 is 1.82 bits per heavy atom. The molecular formula is C25H29FN2O4S. The van der Waals surface area contributed by atoms with Crippen molar-refractivity contribution in [3.8, 4) is 5.75 Å². The van der Waals surface area contributed by atoms with Crippen molar-refractivity contribution in [3.63, 3.8) is 0 Å². The highest BCUT2D eigenvalue weighted by Crippen LogP contribution is 2.25. The number of halogens is 1. The Morgan fingerprint density at radius 1 is 1.12 bits per heavy atom. The summed E-state index contributed by atoms with van der Waals surface area (Å²) >= 11 is 5.43. The third-order valence-electron chi connectivity index (χ3n) is 4.92. The highest BCUT2D eigenvalue weighted by atomic mass is 32.1. The van der Waals surface area contributed by atoms with Crippen molar-refractivity contribution in [2.75, 3.05) is 25.7 Å². The van der Waals surface area contributed by atoms with E-state index in [1.165, 1.54) is 16.7 Å². The summed E-state index contributed by atoms with van der Waals surface area (Å²) in [7, 11) is 3.56. The number of thiocarbonyl (C=S) groups is 1. The maximum Gasteiger partial charge on any atom is 0.419 e. The highest BCUT2D eigenvalue weighted by molar-refractivity contribution is 7.80. The molecule has 8 heteroatoms. The second kappa shape index (κ2) is 10.3. The Hall–Kier alpha value is -2.97. The Labute approximate surface area is 198 Å². The van der Waals surface area contributed by atoms with E-state index in [0.29, 0.717) is 30.0 Å². The first-order valence-electron chi connectivity index (χ1n) is 10.6. The molecule has 0 aliphatic rings. The lowest BCUT2D eigenvalue weighted by molar-refractivity contribution is 0.0535. The summed E-state index contributed by atoms with van der Waals surface area (Å²) in [6.07, 6.45) is 0.0828. The van der Waals surface area contributed by atoms with Crippen molar-refractivity contribution in [2.45, 2.75) is 39.4 Å². The molecule has 0 saturated carbocycles. The number of hydrogen-bond acceptors (Lipinski definition) is 5. The van der Waals surface area contributed by atoms with Crippen LogP contribution in [0.3, 0.4) is 0 Å². The summed E-state index contributed by atoms with van der Waals surface area (Å²) in [4.78, 5) is 15.6. The normalized spacial score (nSPS) is 11.5. The highest BCUT2D eigenvalue weighted by Gasteiger charge is 2.22. The first kappa shape index (κ1) is 24.7. The monoisotopic (exact) mass is 472 g/mol. The lowest BCUT2D eigenvalue weighted by atomic mass is 10.2. The van der Waals surface area contributed by atoms with Crippen LogP contribution in [0.5, 0.6) is 5.75 Å². The van der Waals surface area contributed by atoms with Crippen LogP contribution in [0.15, 0.2) is 48.5 Å². The molecule has 3 rings (SSSR count). The molecule has 2 aromatic carbocycles. The van der Waals surface area contributed by atoms with Crippen LogP contribution < -0.4 is 9.64 Å². The van der Waals surface area contributed by atoms with Gasteiger partial charge in [0.15, 0.2) is 0 Å². The smallest absolute Gasteiger partial charge is 0.419 e. The zero-order valence-electron chi connectivity index (χ0n) is 19.6. The van der Waals surface area contributed by atoms with E-state index in [-0.39, 0.29) is 6.61 Å². The largest absolute Gasteiger partial charge is 0.487 e. The number of hydrogen-bond donors (Lipinski definition) is 0. The lowest BCUT2D eigenvalue weighted by Crippen LogP contribution is -2.28. The molecule has 176 valence electrons. The minimum Gasteiger partial charge on any atom is -0.487 e. The average molecular weight is 473 g/mol. The molecular weight excluding hydrogens is 443 g/mol. The van der Waals surface area contributed by atoms with Crippen LogP contribution in [-0.4, -0.2) is 42.0 Å². The molecule has 33 heavy (non-hydrogen) atoms. The fourth-order valence-electron chi connectivity index (χ4n) is 3.28. The van der Waals surface area contributed by atoms with E-state index in [9.17, 15) is 9.18 Å². The molecule has 6 nitrogen and oxygen atoms in total. The Balaban J connectivity index is 1.79. The Kier molecular flexibility index (Phi) is 7.71. The minimum atomic E-state index is -0.690. The van der Waals surface area contributed by atoms with Crippen molar-refractivity contribution >= 4 is 39.9 Å². The predicted octanol–water partition coefficient (Wildman–Crippen LogP) is 5.94. The molecule has 3 aromatic rings. The summed E-state index contributed by atoms with van der Waals surface area (Å²) in [6, 6.07) is 13.6. The van der Waals surface area contributed by atoms with Crippen molar-refractivity contribution in [1.29, 1.82) is 0 Å². The third-order valence-corrected chi connectivity index (χ3v) is 5.40. The average Bonchev–Trinajstić information content (AvgIpc) is 3.12. The minimum absolute atomic E-state index is 0.108. The molecule has 0 atom stereocenters. The molecule has 0 spiro atoms. The van der Waals surface area contributed by atoms with Crippen LogP contribution in [-0.2, 0) is 16.1 Å². The van der Waals surface area contributed by atoms with Gasteiger partial charge in [0.1, 0.15) is 23.8 Å². The number of carbonyl (C=O) groups is 1. The van der Waals surface area contributed by atoms with Gasteiger partial charge in [0.05, 0.1) is 22.8 Å². The number of carbonyl (C=O) groups excluding carboxylic acids is 1. The third kappa shape index (κ3) is 6.30. The number of aromatic nitrogens is 1. The number of benzene rings is 2. The second-order valence-electron chi connectivity index (χ2n) is 8.63. The zero-order valence-corrected chi connectivity index (χ0v) is 20.4. The van der Waals surface area contributed by atoms with Crippen LogP contribution >= 0.6 is 12.2 Å². The van der Waals surface area contributed by atoms with Crippen LogP contribution in [0.25, 0.3) is 10.9 Å². The van der Waals surface area contributed by atoms with Gasteiger partial charge < -0.3 is 19.1 Å². The summed E-state index contributed by atoms with van der Waals surface area (Å²) in [5, 5.41) is 0.724. The molecule has 0 unspecified atom stereocenters. The topological polar surface area (TPSA) is 52.9 Å². The fourth-order valence-corrected chi connectivity index (χ4v) is 3.47. The van der Waals surface area contributed by atoms with Gasteiger partial charge in [0.2, 0.25) is 0 Å². The van der Waals surface area contributed by atoms with Gasteiger partial charge in [-0.05, 0) is 69.3 Å². The number of anilines is 1. The number of ether oxygens (including phenoxy) is 3. The van der Waals surface area contributed by atoms with E-state index in [1.807, 2.05) is 36.2 Å². The van der Waals surface area contributed by atoms with Crippen LogP contribution in [0.2, 0.25) is 0 Å². The standard InChI is InChI=1S/C25H29FN2O4S/c1-25(2,3)32-24(29)28-20(14-17-6-7-18(26)15-22(17)28)16-31-21-10-8-19(9-11-21)27(4)23(33)12-13-30-5/h6-11,14-15H,12-13,16H2,1-5H3. The molecule has 0 aliphatic carbocycles. The first-order valence-corrected chi connectivity index (χ1v) is 11.0. The molecule has 0 saturated heterocycles. The van der Waals surface area contributed by atoms with E-state index in [2.05, 4.69) is 0 Å². The van der Waals surface area contributed by atoms with Gasteiger partial charge in [-0.15, -0.1) is 0 Å². The summed E-state index contributed by atoms with van der Waals surface area (Å²) < 4.78 is 31.8. The molecule has 0 aliphatic heterocycles. The quantitative estimate of drug-likeness (QED) is 0.397. The van der Waals surface area contributed by atoms with Crippen molar-refractivity contribution in [1.82, 2.24) is 4.57 Å². The predicted molar refractivity (Wildman–Crippen MR) is 132 cm³/mol. The van der Waals surface area contributed by atoms with Gasteiger partial charge in [0.25, 0.3) is 0 Å². The van der Waals surface area contributed by atoms with Gasteiger partial charge in [-0.3, -0.25) is 0 Å². The van der Waals surface area contributed by atoms with Crippen LogP contribution in [0.1, 0.15) is 32.9 Å². The lowest BCUT2D eigenvalue weighted by Gasteiger charge is -2.21. The molecule has 0 radical (unpaired) electrons. The molecule has 0 bridgehead atoms. The van der Waals surface area contributed by atoms with Gasteiger partial charge in [-0.2, -0.15) is 0 Å². The Morgan fingerprint density at radius 3 is 2.45 bits per heavy atom. The van der Waals surface area contributed by atoms with Crippen molar-refractivity contribution in [3.05, 3.63) is 60.0 Å². The second-order valence-corrected chi connectivity index (χ2v) is 9.10. The fraction of sp³-hybridized carbons (Fsp3) is 0.360. The zero-order chi connectivity index (χ0) is 24.2.